The fourth-order valence-corrected chi connectivity index (χ4v) is 90.2. The molecule has 0 aromatic carbocycles. The molecule has 208 valence electrons. The minimum absolute atomic E-state index is 0.645. The van der Waals surface area contributed by atoms with Gasteiger partial charge in [0, 0.05) is 0 Å². The van der Waals surface area contributed by atoms with E-state index >= 15 is 0 Å². The molecule has 1 aliphatic heterocycles. The first-order chi connectivity index (χ1) is 17.5. The Morgan fingerprint density at radius 2 is 1.03 bits per heavy atom. The van der Waals surface area contributed by atoms with Gasteiger partial charge in [-0.2, -0.15) is 0 Å². The summed E-state index contributed by atoms with van der Waals surface area (Å²) in [5, 5.41) is 2.97. The fraction of sp³-hybridized carbons (Fsp3) is 0.812. The Kier molecular flexibility index (Phi) is 16.7. The second-order valence-electron chi connectivity index (χ2n) is 11.8. The van der Waals surface area contributed by atoms with Gasteiger partial charge in [-0.1, -0.05) is 0 Å². The van der Waals surface area contributed by atoms with Gasteiger partial charge in [-0.3, -0.25) is 0 Å². The van der Waals surface area contributed by atoms with Crippen molar-refractivity contribution in [3.8, 4) is 0 Å². The summed E-state index contributed by atoms with van der Waals surface area (Å²) in [5.74, 6) is 0. The van der Waals surface area contributed by atoms with Crippen molar-refractivity contribution in [3.63, 3.8) is 0 Å². The van der Waals surface area contributed by atoms with Crippen LogP contribution < -0.4 is 0 Å². The normalized spacial score (nSPS) is 17.8. The van der Waals surface area contributed by atoms with Gasteiger partial charge in [0.25, 0.3) is 0 Å². The molecule has 0 bridgehead atoms. The third kappa shape index (κ3) is 8.21. The molecule has 0 radical (unpaired) electrons. The molecule has 2 rings (SSSR count). The molecule has 36 heavy (non-hydrogen) atoms. The summed E-state index contributed by atoms with van der Waals surface area (Å²) in [5.41, 5.74) is 0. The Morgan fingerprint density at radius 3 is 1.33 bits per heavy atom. The van der Waals surface area contributed by atoms with Crippen LogP contribution in [-0.2, 0) is 0 Å². The Hall–Kier alpha value is 1.39. The van der Waals surface area contributed by atoms with Gasteiger partial charge in [0.05, 0.1) is 0 Å². The van der Waals surface area contributed by atoms with Crippen molar-refractivity contribution in [1.82, 2.24) is 0 Å². The van der Waals surface area contributed by atoms with E-state index in [1.165, 1.54) is 77.0 Å². The van der Waals surface area contributed by atoms with Crippen LogP contribution in [0.3, 0.4) is 0 Å². The molecular formula is C32H60S2Sn2. The number of unbranched alkanes of at least 4 members (excludes halogenated alkanes) is 6. The third-order valence-electron chi connectivity index (χ3n) is 9.27. The molecule has 1 atom stereocenters. The molecule has 0 fully saturated rings. The van der Waals surface area contributed by atoms with Gasteiger partial charge in [0.15, 0.2) is 0 Å². The summed E-state index contributed by atoms with van der Waals surface area (Å²) in [4.78, 5) is 1.64. The predicted molar refractivity (Wildman–Crippen MR) is 176 cm³/mol. The van der Waals surface area contributed by atoms with Gasteiger partial charge in [0.1, 0.15) is 0 Å². The van der Waals surface area contributed by atoms with E-state index in [0.29, 0.717) is 6.03 Å². The van der Waals surface area contributed by atoms with Crippen molar-refractivity contribution in [3.05, 3.63) is 34.5 Å². The van der Waals surface area contributed by atoms with E-state index in [1.54, 1.807) is 31.5 Å². The van der Waals surface area contributed by atoms with E-state index in [4.69, 9.17) is 0 Å². The van der Waals surface area contributed by atoms with Crippen LogP contribution in [0.15, 0.2) is 29.7 Å². The minimum atomic E-state index is -2.59. The molecule has 4 heteroatoms. The zero-order valence-electron chi connectivity index (χ0n) is 25.0. The first-order valence-electron chi connectivity index (χ1n) is 15.9. The maximum absolute atomic E-state index is 3.05. The average Bonchev–Trinajstić information content (AvgIpc) is 3.60. The van der Waals surface area contributed by atoms with Crippen LogP contribution in [0.2, 0.25) is 26.6 Å². The Morgan fingerprint density at radius 1 is 0.639 bits per heavy atom. The van der Waals surface area contributed by atoms with Crippen LogP contribution in [0.4, 0.5) is 0 Å². The maximum atomic E-state index is 3.05. The van der Waals surface area contributed by atoms with Gasteiger partial charge in [-0.15, -0.1) is 0 Å². The summed E-state index contributed by atoms with van der Waals surface area (Å²) in [6, 6.07) is 4.75. The van der Waals surface area contributed by atoms with Gasteiger partial charge >= 0.3 is 246 Å². The number of rotatable bonds is 21. The molecular weight excluding hydrogens is 686 g/mol. The zero-order valence-corrected chi connectivity index (χ0v) is 32.3. The van der Waals surface area contributed by atoms with Crippen LogP contribution >= 0.6 is 23.1 Å². The van der Waals surface area contributed by atoms with Crippen LogP contribution in [0, 0.1) is 0 Å². The molecule has 1 aromatic rings. The second-order valence-corrected chi connectivity index (χ2v) is 48.0. The van der Waals surface area contributed by atoms with Crippen LogP contribution in [-0.4, -0.2) is 37.5 Å². The van der Waals surface area contributed by atoms with Gasteiger partial charge < -0.3 is 0 Å². The molecule has 0 nitrogen and oxygen atoms in total. The number of thiophene rings is 1. The summed E-state index contributed by atoms with van der Waals surface area (Å²) in [6.45, 7) is 14.8. The second kappa shape index (κ2) is 17.9. The van der Waals surface area contributed by atoms with Crippen molar-refractivity contribution in [2.24, 2.45) is 0 Å². The van der Waals surface area contributed by atoms with E-state index in [1.807, 2.05) is 11.3 Å². The van der Waals surface area contributed by atoms with Gasteiger partial charge in [-0.25, -0.2) is 0 Å². The molecule has 0 saturated heterocycles. The summed E-state index contributed by atoms with van der Waals surface area (Å²) in [6.07, 6.45) is 23.3. The number of thioether (sulfide) groups is 1. The van der Waals surface area contributed by atoms with Gasteiger partial charge in [0.2, 0.25) is 0 Å². The standard InChI is InChI=1S/C8H6S2.6C4H9.2Sn/c1-3-7(9-5-1)8-4-2-6-10-8;6*1-3-4-2;;/h1-5,8H;6*1,3-4H2,2H3;;. The van der Waals surface area contributed by atoms with Crippen molar-refractivity contribution in [2.75, 3.05) is 0 Å². The van der Waals surface area contributed by atoms with Crippen LogP contribution in [0.5, 0.6) is 0 Å². The van der Waals surface area contributed by atoms with E-state index < -0.39 is 36.8 Å². The zero-order chi connectivity index (χ0) is 26.3. The van der Waals surface area contributed by atoms with Crippen molar-refractivity contribution in [1.29, 1.82) is 0 Å². The molecule has 0 spiro atoms. The number of hydrogen-bond acceptors (Lipinski definition) is 2. The topological polar surface area (TPSA) is 0 Å². The Labute approximate surface area is 243 Å². The summed E-state index contributed by atoms with van der Waals surface area (Å²) >= 11 is -0.538. The molecule has 0 amide bonds. The Balaban J connectivity index is 2.77. The van der Waals surface area contributed by atoms with Crippen LogP contribution in [0.1, 0.15) is 129 Å². The average molecular weight is 746 g/mol. The molecule has 1 aromatic heterocycles. The van der Waals surface area contributed by atoms with Crippen molar-refractivity contribution < 1.29 is 0 Å². The van der Waals surface area contributed by atoms with E-state index in [2.05, 4.69) is 83.0 Å². The van der Waals surface area contributed by atoms with Crippen LogP contribution in [0.25, 0.3) is 0 Å². The first-order valence-corrected chi connectivity index (χ1v) is 32.7. The molecule has 0 N–H and O–H groups in total. The molecule has 1 aliphatic rings. The monoisotopic (exact) mass is 748 g/mol. The van der Waals surface area contributed by atoms with Crippen molar-refractivity contribution >= 4 is 59.9 Å². The molecule has 2 heterocycles. The van der Waals surface area contributed by atoms with E-state index in [0.717, 1.165) is 0 Å². The summed E-state index contributed by atoms with van der Waals surface area (Å²) < 4.78 is 10.8. The molecule has 0 saturated carbocycles. The molecule has 0 aliphatic carbocycles. The summed E-state index contributed by atoms with van der Waals surface area (Å²) in [7, 11) is 0. The Bertz CT molecular complexity index is 636. The third-order valence-corrected chi connectivity index (χ3v) is 72.1. The van der Waals surface area contributed by atoms with E-state index in [9.17, 15) is 0 Å². The van der Waals surface area contributed by atoms with Crippen molar-refractivity contribution in [2.45, 2.75) is 151 Å². The van der Waals surface area contributed by atoms with Gasteiger partial charge in [-0.05, 0) is 0 Å². The fourth-order valence-electron chi connectivity index (χ4n) is 7.23. The quantitative estimate of drug-likeness (QED) is 0.0892. The SMILES string of the molecule is CCC[CH2][Sn]([CH2]CCC)([CH2]CCC)[C]1([Sn]([CH2]CCC)([CH2]CCC)[CH2]CCC)C=CC(c2cccs2)S1. The predicted octanol–water partition coefficient (Wildman–Crippen LogP) is 12.6. The van der Waals surface area contributed by atoms with E-state index in [-0.39, 0.29) is 0 Å². The molecule has 1 unspecified atom stereocenters. The first kappa shape index (κ1) is 33.6. The number of hydrogen-bond donors (Lipinski definition) is 0.